The minimum atomic E-state index is -1.69. The first-order valence-corrected chi connectivity index (χ1v) is 12.2. The summed E-state index contributed by atoms with van der Waals surface area (Å²) < 4.78 is 9.30. The molecule has 7 heteroatoms. The van der Waals surface area contributed by atoms with E-state index in [1.54, 1.807) is 6.20 Å². The molecule has 0 bridgehead atoms. The first kappa shape index (κ1) is 19.1. The van der Waals surface area contributed by atoms with Crippen LogP contribution in [0.1, 0.15) is 45.9 Å². The van der Waals surface area contributed by atoms with Gasteiger partial charge < -0.3 is 4.43 Å². The lowest BCUT2D eigenvalue weighted by molar-refractivity contribution is 0.272. The predicted octanol–water partition coefficient (Wildman–Crippen LogP) is 5.50. The number of hydrogen-bond donors (Lipinski definition) is 0. The Hall–Kier alpha value is -0.183. The Morgan fingerprint density at radius 2 is 2.04 bits per heavy atom. The first-order chi connectivity index (χ1) is 10.5. The fourth-order valence-electron chi connectivity index (χ4n) is 2.13. The molecule has 1 atom stereocenters. The molecule has 0 amide bonds. The summed E-state index contributed by atoms with van der Waals surface area (Å²) in [5, 5.41) is 0.724. The normalized spacial score (nSPS) is 14.4. The number of hydrogen-bond acceptors (Lipinski definition) is 3. The maximum Gasteiger partial charge on any atom is 0.191 e. The average molecular weight is 466 g/mol. The van der Waals surface area contributed by atoms with E-state index in [-0.39, 0.29) is 5.04 Å². The van der Waals surface area contributed by atoms with Gasteiger partial charge in [0.1, 0.15) is 14.7 Å². The van der Waals surface area contributed by atoms with Crippen LogP contribution < -0.4 is 0 Å². The molecule has 2 heterocycles. The second kappa shape index (κ2) is 6.97. The second-order valence-electron chi connectivity index (χ2n) is 7.52. The van der Waals surface area contributed by atoms with Crippen molar-refractivity contribution in [1.82, 2.24) is 14.4 Å². The molecule has 0 fully saturated rings. The number of fused-ring (bicyclic) bond motifs is 1. The Kier molecular flexibility index (Phi) is 5.81. The van der Waals surface area contributed by atoms with Crippen LogP contribution in [0.3, 0.4) is 0 Å². The summed E-state index contributed by atoms with van der Waals surface area (Å²) in [6, 6.07) is 0. The Bertz CT molecular complexity index is 696. The molecular formula is C16H25ClIN3OSi. The van der Waals surface area contributed by atoms with Gasteiger partial charge in [-0.3, -0.25) is 4.40 Å². The topological polar surface area (TPSA) is 39.4 Å². The molecule has 0 saturated heterocycles. The molecule has 0 radical (unpaired) electrons. The van der Waals surface area contributed by atoms with Crippen LogP contribution in [-0.4, -0.2) is 29.3 Å². The van der Waals surface area contributed by atoms with Gasteiger partial charge in [-0.25, -0.2) is 9.97 Å². The third-order valence-corrected chi connectivity index (χ3v) is 10.3. The molecule has 4 nitrogen and oxygen atoms in total. The molecule has 0 unspecified atom stereocenters. The lowest BCUT2D eigenvalue weighted by Gasteiger charge is -2.36. The highest BCUT2D eigenvalue weighted by atomic mass is 127. The average Bonchev–Trinajstić information content (AvgIpc) is 2.74. The zero-order chi connectivity index (χ0) is 17.4. The maximum atomic E-state index is 6.29. The highest BCUT2D eigenvalue weighted by Crippen LogP contribution is 2.37. The van der Waals surface area contributed by atoms with Crippen LogP contribution in [0, 0.1) is 3.70 Å². The summed E-state index contributed by atoms with van der Waals surface area (Å²) >= 11 is 8.28. The van der Waals surface area contributed by atoms with Gasteiger partial charge in [0, 0.05) is 18.7 Å². The molecule has 128 valence electrons. The van der Waals surface area contributed by atoms with Crippen LogP contribution in [0.25, 0.3) is 5.52 Å². The number of halogens is 2. The van der Waals surface area contributed by atoms with Crippen LogP contribution in [0.15, 0.2) is 12.4 Å². The van der Waals surface area contributed by atoms with Crippen LogP contribution >= 0.6 is 34.2 Å². The summed E-state index contributed by atoms with van der Waals surface area (Å²) in [5.41, 5.74) is 1.00. The van der Waals surface area contributed by atoms with Crippen molar-refractivity contribution in [2.75, 3.05) is 6.61 Å². The van der Waals surface area contributed by atoms with Gasteiger partial charge in [-0.15, -0.1) is 0 Å². The van der Waals surface area contributed by atoms with Crippen LogP contribution in [0.5, 0.6) is 0 Å². The fourth-order valence-corrected chi connectivity index (χ4v) is 3.99. The Morgan fingerprint density at radius 3 is 2.65 bits per heavy atom. The van der Waals surface area contributed by atoms with Gasteiger partial charge in [-0.1, -0.05) is 39.3 Å². The lowest BCUT2D eigenvalue weighted by atomic mass is 10.1. The summed E-state index contributed by atoms with van der Waals surface area (Å²) in [7, 11) is -1.69. The summed E-state index contributed by atoms with van der Waals surface area (Å²) in [4.78, 5) is 8.84. The molecule has 2 aromatic rings. The van der Waals surface area contributed by atoms with E-state index in [9.17, 15) is 0 Å². The number of aromatic nitrogens is 3. The van der Waals surface area contributed by atoms with E-state index in [0.29, 0.717) is 11.1 Å². The number of nitrogens with zero attached hydrogens (tertiary/aromatic N) is 3. The third kappa shape index (κ3) is 4.27. The number of imidazole rings is 1. The highest BCUT2D eigenvalue weighted by molar-refractivity contribution is 14.1. The van der Waals surface area contributed by atoms with Gasteiger partial charge in [-0.05, 0) is 47.1 Å². The van der Waals surface area contributed by atoms with E-state index in [1.807, 2.05) is 10.6 Å². The quantitative estimate of drug-likeness (QED) is 0.432. The largest absolute Gasteiger partial charge is 0.417 e. The molecule has 23 heavy (non-hydrogen) atoms. The Balaban J connectivity index is 2.10. The highest BCUT2D eigenvalue weighted by Gasteiger charge is 2.37. The zero-order valence-corrected chi connectivity index (χ0v) is 18.6. The van der Waals surface area contributed by atoms with Crippen molar-refractivity contribution in [2.24, 2.45) is 0 Å². The van der Waals surface area contributed by atoms with Gasteiger partial charge in [0.05, 0.1) is 11.7 Å². The standard InChI is InChI=1S/C16H25ClIN3OSi/c1-11(7-8-22-23(5,6)16(2,3)4)15-20-14(18)12-9-19-13(17)10-21(12)15/h9-11H,7-8H2,1-6H3/t11-/m0/s1. The van der Waals surface area contributed by atoms with Gasteiger partial charge >= 0.3 is 0 Å². The van der Waals surface area contributed by atoms with Gasteiger partial charge in [-0.2, -0.15) is 0 Å². The molecule has 2 aromatic heterocycles. The SMILES string of the molecule is C[C@@H](CCO[Si](C)(C)C(C)(C)C)c1nc(I)c2cnc(Cl)cn12. The van der Waals surface area contributed by atoms with Gasteiger partial charge in [0.25, 0.3) is 0 Å². The van der Waals surface area contributed by atoms with Crippen LogP contribution in [0.2, 0.25) is 23.3 Å². The molecule has 0 aliphatic rings. The van der Waals surface area contributed by atoms with E-state index in [2.05, 4.69) is 68.4 Å². The lowest BCUT2D eigenvalue weighted by Crippen LogP contribution is -2.41. The molecule has 0 aliphatic heterocycles. The fraction of sp³-hybridized carbons (Fsp3) is 0.625. The first-order valence-electron chi connectivity index (χ1n) is 7.86. The van der Waals surface area contributed by atoms with Gasteiger partial charge in [0.15, 0.2) is 8.32 Å². The zero-order valence-electron chi connectivity index (χ0n) is 14.7. The monoisotopic (exact) mass is 465 g/mol. The summed E-state index contributed by atoms with van der Waals surface area (Å²) in [6.45, 7) is 14.3. The van der Waals surface area contributed by atoms with Crippen molar-refractivity contribution in [3.63, 3.8) is 0 Å². The summed E-state index contributed by atoms with van der Waals surface area (Å²) in [5.74, 6) is 1.32. The van der Waals surface area contributed by atoms with Crippen molar-refractivity contribution in [1.29, 1.82) is 0 Å². The van der Waals surface area contributed by atoms with Crippen molar-refractivity contribution < 1.29 is 4.43 Å². The van der Waals surface area contributed by atoms with Crippen LogP contribution in [-0.2, 0) is 4.43 Å². The van der Waals surface area contributed by atoms with E-state index in [0.717, 1.165) is 28.1 Å². The van der Waals surface area contributed by atoms with Crippen LogP contribution in [0.4, 0.5) is 0 Å². The van der Waals surface area contributed by atoms with Crippen molar-refractivity contribution in [2.45, 2.75) is 58.2 Å². The number of rotatable bonds is 5. The van der Waals surface area contributed by atoms with Crippen molar-refractivity contribution in [3.8, 4) is 0 Å². The predicted molar refractivity (Wildman–Crippen MR) is 107 cm³/mol. The molecule has 2 rings (SSSR count). The molecule has 0 saturated carbocycles. The van der Waals surface area contributed by atoms with E-state index >= 15 is 0 Å². The van der Waals surface area contributed by atoms with Gasteiger partial charge in [0.2, 0.25) is 0 Å². The Labute approximate surface area is 158 Å². The molecule has 0 aliphatic carbocycles. The Morgan fingerprint density at radius 1 is 1.39 bits per heavy atom. The maximum absolute atomic E-state index is 6.29. The molecule has 0 aromatic carbocycles. The minimum absolute atomic E-state index is 0.241. The molecule has 0 spiro atoms. The molecular weight excluding hydrogens is 441 g/mol. The second-order valence-corrected chi connectivity index (χ2v) is 13.7. The van der Waals surface area contributed by atoms with E-state index in [1.165, 1.54) is 0 Å². The molecule has 0 N–H and O–H groups in total. The third-order valence-electron chi connectivity index (χ3n) is 4.74. The minimum Gasteiger partial charge on any atom is -0.417 e. The summed E-state index contributed by atoms with van der Waals surface area (Å²) in [6.07, 6.45) is 4.56. The van der Waals surface area contributed by atoms with E-state index in [4.69, 9.17) is 21.0 Å². The van der Waals surface area contributed by atoms with Crippen molar-refractivity contribution >= 4 is 48.0 Å². The van der Waals surface area contributed by atoms with Crippen molar-refractivity contribution in [3.05, 3.63) is 27.1 Å². The smallest absolute Gasteiger partial charge is 0.191 e. The van der Waals surface area contributed by atoms with E-state index < -0.39 is 8.32 Å².